The molecule has 2 bridgehead atoms. The Bertz CT molecular complexity index is 1220. The van der Waals surface area contributed by atoms with Gasteiger partial charge < -0.3 is 9.47 Å². The molecule has 2 aliphatic heterocycles. The average molecular weight is 483 g/mol. The summed E-state index contributed by atoms with van der Waals surface area (Å²) in [5.41, 5.74) is -3.60. The van der Waals surface area contributed by atoms with Gasteiger partial charge in [-0.05, 0) is 57.9 Å². The summed E-state index contributed by atoms with van der Waals surface area (Å²) in [5.74, 6) is -4.36. The summed E-state index contributed by atoms with van der Waals surface area (Å²) in [7, 11) is 0. The number of rotatable bonds is 2. The van der Waals surface area contributed by atoms with E-state index in [4.69, 9.17) is 14.9 Å². The molecule has 31 heavy (non-hydrogen) atoms. The van der Waals surface area contributed by atoms with Crippen LogP contribution in [0.1, 0.15) is 24.2 Å². The van der Waals surface area contributed by atoms with Crippen LogP contribution in [-0.4, -0.2) is 5.90 Å². The van der Waals surface area contributed by atoms with Gasteiger partial charge in [0.15, 0.2) is 5.41 Å². The van der Waals surface area contributed by atoms with Crippen LogP contribution in [0, 0.1) is 67.8 Å². The van der Waals surface area contributed by atoms with Gasteiger partial charge in [-0.15, -0.1) is 0 Å². The zero-order valence-electron chi connectivity index (χ0n) is 16.0. The minimum Gasteiger partial charge on any atom is -0.443 e. The van der Waals surface area contributed by atoms with Crippen LogP contribution in [0.25, 0.3) is 0 Å². The second kappa shape index (κ2) is 6.85. The number of benzene rings is 2. The Balaban J connectivity index is 2.04. The molecule has 0 saturated carbocycles. The maximum atomic E-state index is 13.9. The normalized spacial score (nSPS) is 30.5. The zero-order valence-corrected chi connectivity index (χ0v) is 17.6. The molecular weight excluding hydrogens is 470 g/mol. The molecule has 0 amide bonds. The van der Waals surface area contributed by atoms with Crippen molar-refractivity contribution >= 4 is 21.8 Å². The first-order valence-electron chi connectivity index (χ1n) is 9.13. The van der Waals surface area contributed by atoms with Crippen LogP contribution in [0.4, 0.5) is 8.78 Å². The lowest BCUT2D eigenvalue weighted by Crippen LogP contribution is -2.57. The van der Waals surface area contributed by atoms with Crippen LogP contribution in [0.5, 0.6) is 0 Å². The van der Waals surface area contributed by atoms with E-state index in [0.29, 0.717) is 5.56 Å². The number of hydrogen-bond donors (Lipinski definition) is 1. The maximum Gasteiger partial charge on any atom is 0.244 e. The smallest absolute Gasteiger partial charge is 0.244 e. The first-order chi connectivity index (χ1) is 14.7. The van der Waals surface area contributed by atoms with E-state index in [1.54, 1.807) is 6.92 Å². The molecule has 0 radical (unpaired) electrons. The van der Waals surface area contributed by atoms with Crippen molar-refractivity contribution in [1.82, 2.24) is 0 Å². The summed E-state index contributed by atoms with van der Waals surface area (Å²) in [4.78, 5) is 0. The molecule has 2 aliphatic rings. The van der Waals surface area contributed by atoms with Crippen LogP contribution in [0.2, 0.25) is 0 Å². The third-order valence-corrected chi connectivity index (χ3v) is 6.77. The van der Waals surface area contributed by atoms with Crippen molar-refractivity contribution in [2.24, 2.45) is 16.7 Å². The van der Waals surface area contributed by atoms with Gasteiger partial charge in [-0.1, -0.05) is 13.0 Å². The van der Waals surface area contributed by atoms with E-state index in [2.05, 4.69) is 15.9 Å². The summed E-state index contributed by atoms with van der Waals surface area (Å²) in [6.45, 7) is 1.55. The Labute approximate surface area is 184 Å². The highest BCUT2D eigenvalue weighted by molar-refractivity contribution is 9.10. The number of fused-ring (bicyclic) bond motifs is 2. The first kappa shape index (κ1) is 20.9. The summed E-state index contributed by atoms with van der Waals surface area (Å²) in [6.07, 6.45) is -1.37. The predicted octanol–water partition coefficient (Wildman–Crippen LogP) is 4.84. The van der Waals surface area contributed by atoms with Gasteiger partial charge in [0.2, 0.25) is 17.1 Å². The standard InChI is InChI=1S/C22H13BrF2N4O2/c1-12-21(11-28)19(29)31-22(12,14-3-5-15(24)6-4-14)30-18(20(21,9-26)10-27)13-2-7-17(25)16(23)8-13/h2-8,12,18,29H,1H3. The number of hydrogen-bond acceptors (Lipinski definition) is 6. The molecule has 2 aromatic rings. The van der Waals surface area contributed by atoms with Gasteiger partial charge in [0.25, 0.3) is 0 Å². The molecule has 2 fully saturated rings. The molecule has 2 heterocycles. The second-order valence-corrected chi connectivity index (χ2v) is 8.30. The van der Waals surface area contributed by atoms with Crippen molar-refractivity contribution in [1.29, 1.82) is 21.2 Å². The second-order valence-electron chi connectivity index (χ2n) is 7.45. The minimum atomic E-state index is -2.17. The molecule has 9 heteroatoms. The lowest BCUT2D eigenvalue weighted by Gasteiger charge is -2.48. The third kappa shape index (κ3) is 2.44. The van der Waals surface area contributed by atoms with E-state index in [1.165, 1.54) is 36.4 Å². The molecule has 4 unspecified atom stereocenters. The molecule has 1 N–H and O–H groups in total. The zero-order chi connectivity index (χ0) is 22.6. The highest BCUT2D eigenvalue weighted by Gasteiger charge is 2.79. The van der Waals surface area contributed by atoms with E-state index in [9.17, 15) is 24.6 Å². The highest BCUT2D eigenvalue weighted by atomic mass is 79.9. The number of halogens is 3. The Kier molecular flexibility index (Phi) is 4.63. The van der Waals surface area contributed by atoms with Gasteiger partial charge >= 0.3 is 0 Å². The molecule has 0 spiro atoms. The minimum absolute atomic E-state index is 0.0715. The van der Waals surface area contributed by atoms with E-state index in [1.807, 2.05) is 18.2 Å². The number of nitrogens with one attached hydrogen (secondary N) is 1. The van der Waals surface area contributed by atoms with Gasteiger partial charge in [-0.25, -0.2) is 8.78 Å². The van der Waals surface area contributed by atoms with E-state index in [-0.39, 0.29) is 10.0 Å². The Morgan fingerprint density at radius 1 is 1.03 bits per heavy atom. The van der Waals surface area contributed by atoms with Crippen molar-refractivity contribution in [2.45, 2.75) is 18.8 Å². The Morgan fingerprint density at radius 3 is 2.23 bits per heavy atom. The quantitative estimate of drug-likeness (QED) is 0.657. The molecule has 2 saturated heterocycles. The van der Waals surface area contributed by atoms with Crippen molar-refractivity contribution in [3.05, 3.63) is 69.7 Å². The lowest BCUT2D eigenvalue weighted by atomic mass is 9.53. The lowest BCUT2D eigenvalue weighted by molar-refractivity contribution is -0.288. The van der Waals surface area contributed by atoms with Crippen LogP contribution in [0.15, 0.2) is 46.9 Å². The third-order valence-electron chi connectivity index (χ3n) is 6.16. The van der Waals surface area contributed by atoms with Gasteiger partial charge in [0, 0.05) is 5.56 Å². The van der Waals surface area contributed by atoms with Crippen LogP contribution in [-0.2, 0) is 15.3 Å². The Morgan fingerprint density at radius 2 is 1.68 bits per heavy atom. The van der Waals surface area contributed by atoms with Crippen LogP contribution in [0.3, 0.4) is 0 Å². The van der Waals surface area contributed by atoms with E-state index in [0.717, 1.165) is 6.07 Å². The number of nitriles is 3. The van der Waals surface area contributed by atoms with Gasteiger partial charge in [-0.3, -0.25) is 5.41 Å². The SMILES string of the molecule is CC1C2(c3ccc(F)cc3)OC(=N)C1(C#N)C(C#N)(C#N)C(c1ccc(F)c(Br)c1)O2. The van der Waals surface area contributed by atoms with E-state index < -0.39 is 46.2 Å². The maximum absolute atomic E-state index is 13.9. The van der Waals surface area contributed by atoms with Crippen molar-refractivity contribution in [3.8, 4) is 18.2 Å². The molecule has 2 aromatic carbocycles. The van der Waals surface area contributed by atoms with Crippen LogP contribution >= 0.6 is 15.9 Å². The van der Waals surface area contributed by atoms with Gasteiger partial charge in [0.05, 0.1) is 28.6 Å². The summed E-state index contributed by atoms with van der Waals surface area (Å²) < 4.78 is 39.6. The van der Waals surface area contributed by atoms with Crippen molar-refractivity contribution in [2.75, 3.05) is 0 Å². The average Bonchev–Trinajstić information content (AvgIpc) is 2.92. The fourth-order valence-corrected chi connectivity index (χ4v) is 4.92. The summed E-state index contributed by atoms with van der Waals surface area (Å²) in [5, 5.41) is 39.0. The molecule has 4 atom stereocenters. The predicted molar refractivity (Wildman–Crippen MR) is 106 cm³/mol. The molecule has 0 aliphatic carbocycles. The number of nitrogens with zero attached hydrogens (tertiary/aromatic N) is 3. The molecule has 0 aromatic heterocycles. The van der Waals surface area contributed by atoms with E-state index >= 15 is 0 Å². The van der Waals surface area contributed by atoms with Gasteiger partial charge in [0.1, 0.15) is 17.7 Å². The van der Waals surface area contributed by atoms with Crippen molar-refractivity contribution in [3.63, 3.8) is 0 Å². The molecule has 4 rings (SSSR count). The largest absolute Gasteiger partial charge is 0.443 e. The highest BCUT2D eigenvalue weighted by Crippen LogP contribution is 2.69. The van der Waals surface area contributed by atoms with Crippen molar-refractivity contribution < 1.29 is 18.3 Å². The summed E-state index contributed by atoms with van der Waals surface area (Å²) in [6, 6.07) is 14.8. The monoisotopic (exact) mass is 482 g/mol. The fraction of sp³-hybridized carbons (Fsp3) is 0.273. The van der Waals surface area contributed by atoms with Crippen LogP contribution < -0.4 is 0 Å². The first-order valence-corrected chi connectivity index (χ1v) is 9.92. The topological polar surface area (TPSA) is 114 Å². The molecular formula is C22H13BrF2N4O2. The Hall–Kier alpha value is -3.32. The molecule has 154 valence electrons. The molecule has 6 nitrogen and oxygen atoms in total. The number of ether oxygens (including phenoxy) is 2. The van der Waals surface area contributed by atoms with Gasteiger partial charge in [-0.2, -0.15) is 15.8 Å². The summed E-state index contributed by atoms with van der Waals surface area (Å²) >= 11 is 3.08. The fourth-order valence-electron chi connectivity index (χ4n) is 4.53.